The number of carbonyl (C=O) groups is 4. The number of aliphatic carboxylic acids is 1. The fourth-order valence-electron chi connectivity index (χ4n) is 2.57. The Bertz CT molecular complexity index is 672. The summed E-state index contributed by atoms with van der Waals surface area (Å²) in [6.07, 6.45) is 0.656. The Morgan fingerprint density at radius 1 is 0.969 bits per heavy atom. The topological polar surface area (TPSA) is 235 Å². The Hall–Kier alpha value is -2.58. The van der Waals surface area contributed by atoms with E-state index in [-0.39, 0.29) is 37.0 Å². The molecule has 32 heavy (non-hydrogen) atoms. The van der Waals surface area contributed by atoms with Gasteiger partial charge in [-0.05, 0) is 25.2 Å². The van der Waals surface area contributed by atoms with Crippen molar-refractivity contribution in [3.63, 3.8) is 0 Å². The Morgan fingerprint density at radius 3 is 1.97 bits per heavy atom. The molecule has 0 aromatic carbocycles. The lowest BCUT2D eigenvalue weighted by Crippen LogP contribution is -2.57. The highest BCUT2D eigenvalue weighted by Crippen LogP contribution is 2.08. The van der Waals surface area contributed by atoms with Crippen molar-refractivity contribution >= 4 is 42.3 Å². The second-order valence-electron chi connectivity index (χ2n) is 7.57. The van der Waals surface area contributed by atoms with Gasteiger partial charge in [-0.3, -0.25) is 19.4 Å². The van der Waals surface area contributed by atoms with E-state index in [2.05, 4.69) is 33.6 Å². The molecule has 0 rings (SSSR count). The summed E-state index contributed by atoms with van der Waals surface area (Å²) in [6.45, 7) is 3.26. The largest absolute Gasteiger partial charge is 0.480 e. The molecule has 0 heterocycles. The van der Waals surface area contributed by atoms with Gasteiger partial charge in [-0.2, -0.15) is 12.6 Å². The van der Waals surface area contributed by atoms with Gasteiger partial charge in [0.15, 0.2) is 5.96 Å². The van der Waals surface area contributed by atoms with E-state index in [1.807, 2.05) is 13.8 Å². The Balaban J connectivity index is 5.47. The normalized spacial score (nSPS) is 14.6. The standard InChI is InChI=1S/C18H35N7O6S/c1-9(2)6-12(24-14(27)10(19)7-26)16(29)23-11(4-3-5-22-18(20)21)15(28)25-13(8-32)17(30)31/h9-13,26,32H,3-8,19H2,1-2H3,(H,23,29)(H,24,27)(H,25,28)(H,30,31)(H4,20,21,22). The number of rotatable bonds is 15. The van der Waals surface area contributed by atoms with Crippen molar-refractivity contribution in [3.05, 3.63) is 0 Å². The SMILES string of the molecule is CC(C)CC(NC(=O)C(N)CO)C(=O)NC(CCCN=C(N)N)C(=O)NC(CS)C(=O)O. The van der Waals surface area contributed by atoms with E-state index in [0.717, 1.165) is 0 Å². The Morgan fingerprint density at radius 2 is 1.50 bits per heavy atom. The molecule has 0 saturated heterocycles. The molecule has 4 atom stereocenters. The smallest absolute Gasteiger partial charge is 0.327 e. The summed E-state index contributed by atoms with van der Waals surface area (Å²) < 4.78 is 0. The first-order valence-corrected chi connectivity index (χ1v) is 10.7. The number of aliphatic hydroxyl groups is 1. The van der Waals surface area contributed by atoms with Crippen LogP contribution < -0.4 is 33.2 Å². The number of hydrogen-bond donors (Lipinski definition) is 9. The van der Waals surface area contributed by atoms with Crippen molar-refractivity contribution in [2.75, 3.05) is 18.9 Å². The number of thiol groups is 1. The minimum Gasteiger partial charge on any atom is -0.480 e. The zero-order valence-corrected chi connectivity index (χ0v) is 19.2. The van der Waals surface area contributed by atoms with E-state index in [1.165, 1.54) is 0 Å². The van der Waals surface area contributed by atoms with Crippen LogP contribution in [0.25, 0.3) is 0 Å². The molecular formula is C18H35N7O6S. The molecule has 0 aromatic heterocycles. The summed E-state index contributed by atoms with van der Waals surface area (Å²) in [7, 11) is 0. The van der Waals surface area contributed by atoms with Gasteiger partial charge in [0.25, 0.3) is 0 Å². The summed E-state index contributed by atoms with van der Waals surface area (Å²) in [5.41, 5.74) is 16.0. The third kappa shape index (κ3) is 11.7. The number of nitrogens with one attached hydrogen (secondary N) is 3. The molecule has 0 radical (unpaired) electrons. The molecule has 0 aliphatic rings. The van der Waals surface area contributed by atoms with Crippen LogP contribution in [0.4, 0.5) is 0 Å². The molecule has 0 saturated carbocycles. The molecular weight excluding hydrogens is 442 g/mol. The summed E-state index contributed by atoms with van der Waals surface area (Å²) in [6, 6.07) is -4.59. The fraction of sp³-hybridized carbons (Fsp3) is 0.722. The number of carbonyl (C=O) groups excluding carboxylic acids is 3. The highest BCUT2D eigenvalue weighted by atomic mass is 32.1. The molecule has 184 valence electrons. The lowest BCUT2D eigenvalue weighted by atomic mass is 10.0. The number of guanidine groups is 1. The average molecular weight is 478 g/mol. The number of hydrogen-bond acceptors (Lipinski definition) is 8. The zero-order valence-electron chi connectivity index (χ0n) is 18.3. The van der Waals surface area contributed by atoms with E-state index >= 15 is 0 Å². The summed E-state index contributed by atoms with van der Waals surface area (Å²) in [5, 5.41) is 25.5. The average Bonchev–Trinajstić information content (AvgIpc) is 2.71. The second kappa shape index (κ2) is 15.3. The molecule has 13 nitrogen and oxygen atoms in total. The minimum atomic E-state index is -1.28. The van der Waals surface area contributed by atoms with Gasteiger partial charge in [0, 0.05) is 12.3 Å². The summed E-state index contributed by atoms with van der Waals surface area (Å²) >= 11 is 3.90. The maximum atomic E-state index is 12.9. The van der Waals surface area contributed by atoms with Gasteiger partial charge >= 0.3 is 5.97 Å². The van der Waals surface area contributed by atoms with Crippen LogP contribution in [0.15, 0.2) is 4.99 Å². The minimum absolute atomic E-state index is 0.00566. The van der Waals surface area contributed by atoms with Gasteiger partial charge in [-0.15, -0.1) is 0 Å². The number of carboxylic acid groups (broad SMARTS) is 1. The summed E-state index contributed by atoms with van der Waals surface area (Å²) in [5.74, 6) is -3.66. The Labute approximate surface area is 192 Å². The maximum absolute atomic E-state index is 12.9. The first-order valence-electron chi connectivity index (χ1n) is 10.1. The molecule has 0 aliphatic carbocycles. The van der Waals surface area contributed by atoms with Gasteiger partial charge in [0.2, 0.25) is 17.7 Å². The number of amides is 3. The Kier molecular flexibility index (Phi) is 14.0. The molecule has 0 aromatic rings. The highest BCUT2D eigenvalue weighted by molar-refractivity contribution is 7.80. The van der Waals surface area contributed by atoms with E-state index in [1.54, 1.807) is 0 Å². The van der Waals surface area contributed by atoms with Gasteiger partial charge < -0.3 is 43.4 Å². The number of carboxylic acids is 1. The monoisotopic (exact) mass is 477 g/mol. The molecule has 3 amide bonds. The van der Waals surface area contributed by atoms with Gasteiger partial charge in [0.05, 0.1) is 6.61 Å². The van der Waals surface area contributed by atoms with Crippen molar-refractivity contribution in [2.45, 2.75) is 57.3 Å². The van der Waals surface area contributed by atoms with Crippen LogP contribution in [0.2, 0.25) is 0 Å². The quantitative estimate of drug-likeness (QED) is 0.0501. The predicted octanol–water partition coefficient (Wildman–Crippen LogP) is -3.13. The molecule has 14 heteroatoms. The van der Waals surface area contributed by atoms with Crippen LogP contribution in [0.3, 0.4) is 0 Å². The third-order valence-corrected chi connectivity index (χ3v) is 4.61. The molecule has 0 aliphatic heterocycles. The van der Waals surface area contributed by atoms with Crippen molar-refractivity contribution in [3.8, 4) is 0 Å². The second-order valence-corrected chi connectivity index (χ2v) is 7.94. The first kappa shape index (κ1) is 29.4. The summed E-state index contributed by atoms with van der Waals surface area (Å²) in [4.78, 5) is 52.6. The third-order valence-electron chi connectivity index (χ3n) is 4.25. The highest BCUT2D eigenvalue weighted by Gasteiger charge is 2.30. The van der Waals surface area contributed by atoms with Crippen LogP contribution in [-0.4, -0.2) is 82.9 Å². The van der Waals surface area contributed by atoms with Crippen LogP contribution in [0.5, 0.6) is 0 Å². The van der Waals surface area contributed by atoms with Crippen molar-refractivity contribution in [2.24, 2.45) is 28.1 Å². The molecule has 0 spiro atoms. The number of nitrogens with zero attached hydrogens (tertiary/aromatic N) is 1. The molecule has 0 fully saturated rings. The molecule has 0 bridgehead atoms. The van der Waals surface area contributed by atoms with Crippen LogP contribution in [0.1, 0.15) is 33.1 Å². The molecule has 11 N–H and O–H groups in total. The van der Waals surface area contributed by atoms with Crippen LogP contribution in [0, 0.1) is 5.92 Å². The number of nitrogens with two attached hydrogens (primary N) is 3. The van der Waals surface area contributed by atoms with Gasteiger partial charge in [-0.1, -0.05) is 13.8 Å². The fourth-order valence-corrected chi connectivity index (χ4v) is 2.81. The van der Waals surface area contributed by atoms with Crippen molar-refractivity contribution in [1.29, 1.82) is 0 Å². The van der Waals surface area contributed by atoms with Crippen molar-refractivity contribution < 1.29 is 29.4 Å². The maximum Gasteiger partial charge on any atom is 0.327 e. The molecule has 4 unspecified atom stereocenters. The van der Waals surface area contributed by atoms with Crippen LogP contribution in [-0.2, 0) is 19.2 Å². The lowest BCUT2D eigenvalue weighted by Gasteiger charge is -2.25. The zero-order chi connectivity index (χ0) is 24.8. The van der Waals surface area contributed by atoms with E-state index < -0.39 is 54.5 Å². The number of aliphatic imine (C=N–C) groups is 1. The van der Waals surface area contributed by atoms with Gasteiger partial charge in [0.1, 0.15) is 24.2 Å². The van der Waals surface area contributed by atoms with Crippen molar-refractivity contribution in [1.82, 2.24) is 16.0 Å². The van der Waals surface area contributed by atoms with E-state index in [0.29, 0.717) is 6.42 Å². The first-order chi connectivity index (χ1) is 14.9. The van der Waals surface area contributed by atoms with Gasteiger partial charge in [-0.25, -0.2) is 4.79 Å². The van der Waals surface area contributed by atoms with Crippen LogP contribution >= 0.6 is 12.6 Å². The van der Waals surface area contributed by atoms with E-state index in [9.17, 15) is 19.2 Å². The lowest BCUT2D eigenvalue weighted by molar-refractivity contribution is -0.141. The number of aliphatic hydroxyl groups excluding tert-OH is 1. The van der Waals surface area contributed by atoms with E-state index in [4.69, 9.17) is 27.4 Å². The predicted molar refractivity (Wildman–Crippen MR) is 122 cm³/mol.